The summed E-state index contributed by atoms with van der Waals surface area (Å²) in [6.07, 6.45) is 4.45. The van der Waals surface area contributed by atoms with Crippen LogP contribution in [0.1, 0.15) is 26.2 Å². The van der Waals surface area contributed by atoms with Crippen molar-refractivity contribution in [2.75, 3.05) is 46.4 Å². The number of piperidine rings is 2. The lowest BCUT2D eigenvalue weighted by Gasteiger charge is -2.36. The van der Waals surface area contributed by atoms with Crippen LogP contribution in [0, 0.1) is 5.92 Å². The minimum atomic E-state index is 0.401. The molecule has 2 saturated heterocycles. The fraction of sp³-hybridized carbons (Fsp3) is 1.00. The third-order valence-corrected chi connectivity index (χ3v) is 4.32. The lowest BCUT2D eigenvalue weighted by Crippen LogP contribution is -2.45. The Morgan fingerprint density at radius 3 is 2.72 bits per heavy atom. The monoisotopic (exact) mass is 256 g/mol. The van der Waals surface area contributed by atoms with Crippen molar-refractivity contribution in [2.24, 2.45) is 5.92 Å². The fourth-order valence-corrected chi connectivity index (χ4v) is 2.92. The minimum absolute atomic E-state index is 0.401. The van der Waals surface area contributed by atoms with E-state index in [4.69, 9.17) is 9.47 Å². The van der Waals surface area contributed by atoms with Gasteiger partial charge in [-0.15, -0.1) is 0 Å². The predicted octanol–water partition coefficient (Wildman–Crippen LogP) is 1.11. The Balaban J connectivity index is 1.61. The average molecular weight is 256 g/mol. The number of hydrogen-bond donors (Lipinski definition) is 1. The summed E-state index contributed by atoms with van der Waals surface area (Å²) < 4.78 is 11.5. The van der Waals surface area contributed by atoms with E-state index in [9.17, 15) is 0 Å². The summed E-state index contributed by atoms with van der Waals surface area (Å²) in [6, 6.07) is 0. The second-order valence-corrected chi connectivity index (χ2v) is 5.66. The molecule has 4 heteroatoms. The van der Waals surface area contributed by atoms with Crippen molar-refractivity contribution < 1.29 is 9.47 Å². The van der Waals surface area contributed by atoms with E-state index in [0.717, 1.165) is 45.6 Å². The maximum Gasteiger partial charge on any atom is 0.0724 e. The smallest absolute Gasteiger partial charge is 0.0724 e. The van der Waals surface area contributed by atoms with Crippen LogP contribution >= 0.6 is 0 Å². The van der Waals surface area contributed by atoms with E-state index in [1.165, 1.54) is 13.0 Å². The molecule has 2 aliphatic rings. The third kappa shape index (κ3) is 4.19. The summed E-state index contributed by atoms with van der Waals surface area (Å²) >= 11 is 0. The summed E-state index contributed by atoms with van der Waals surface area (Å²) in [5.74, 6) is 0.691. The fourth-order valence-electron chi connectivity index (χ4n) is 2.92. The Kier molecular flexibility index (Phi) is 5.89. The van der Waals surface area contributed by atoms with Gasteiger partial charge in [-0.05, 0) is 44.8 Å². The lowest BCUT2D eigenvalue weighted by molar-refractivity contribution is -0.0254. The molecule has 0 amide bonds. The van der Waals surface area contributed by atoms with Gasteiger partial charge in [-0.3, -0.25) is 4.90 Å². The molecule has 106 valence electrons. The standard InChI is InChI=1S/C14H28N2O2/c1-12-5-8-16(11-14(12)17-2)9-10-18-13-3-6-15-7-4-13/h12-15H,3-11H2,1-2H3. The Hall–Kier alpha value is -0.160. The van der Waals surface area contributed by atoms with Crippen molar-refractivity contribution in [2.45, 2.75) is 38.4 Å². The van der Waals surface area contributed by atoms with Gasteiger partial charge in [0.05, 0.1) is 18.8 Å². The number of nitrogens with one attached hydrogen (secondary N) is 1. The first-order valence-electron chi connectivity index (χ1n) is 7.37. The molecule has 0 radical (unpaired) electrons. The van der Waals surface area contributed by atoms with Crippen molar-refractivity contribution >= 4 is 0 Å². The van der Waals surface area contributed by atoms with Crippen LogP contribution in [0.15, 0.2) is 0 Å². The molecule has 1 N–H and O–H groups in total. The molecule has 18 heavy (non-hydrogen) atoms. The van der Waals surface area contributed by atoms with Crippen LogP contribution in [-0.4, -0.2) is 63.5 Å². The van der Waals surface area contributed by atoms with Crippen molar-refractivity contribution in [3.8, 4) is 0 Å². The second-order valence-electron chi connectivity index (χ2n) is 5.66. The number of hydrogen-bond acceptors (Lipinski definition) is 4. The van der Waals surface area contributed by atoms with Gasteiger partial charge in [0.25, 0.3) is 0 Å². The number of ether oxygens (including phenoxy) is 2. The summed E-state index contributed by atoms with van der Waals surface area (Å²) in [4.78, 5) is 2.48. The van der Waals surface area contributed by atoms with Gasteiger partial charge >= 0.3 is 0 Å². The van der Waals surface area contributed by atoms with Gasteiger partial charge in [-0.2, -0.15) is 0 Å². The van der Waals surface area contributed by atoms with Crippen LogP contribution in [-0.2, 0) is 9.47 Å². The molecule has 0 saturated carbocycles. The van der Waals surface area contributed by atoms with Crippen LogP contribution in [0.5, 0.6) is 0 Å². The summed E-state index contributed by atoms with van der Waals surface area (Å²) in [5, 5.41) is 3.37. The van der Waals surface area contributed by atoms with Gasteiger partial charge in [-0.1, -0.05) is 6.92 Å². The maximum absolute atomic E-state index is 5.96. The van der Waals surface area contributed by atoms with Crippen LogP contribution in [0.4, 0.5) is 0 Å². The molecule has 0 aromatic carbocycles. The summed E-state index contributed by atoms with van der Waals surface area (Å²) in [5.41, 5.74) is 0. The molecule has 2 heterocycles. The molecule has 2 aliphatic heterocycles. The highest BCUT2D eigenvalue weighted by molar-refractivity contribution is 4.78. The van der Waals surface area contributed by atoms with E-state index in [-0.39, 0.29) is 0 Å². The summed E-state index contributed by atoms with van der Waals surface area (Å²) in [6.45, 7) is 8.68. The lowest BCUT2D eigenvalue weighted by atomic mass is 9.96. The van der Waals surface area contributed by atoms with Crippen LogP contribution in [0.3, 0.4) is 0 Å². The first-order chi connectivity index (χ1) is 8.79. The summed E-state index contributed by atoms with van der Waals surface area (Å²) in [7, 11) is 1.83. The molecule has 2 fully saturated rings. The van der Waals surface area contributed by atoms with E-state index in [1.54, 1.807) is 0 Å². The average Bonchev–Trinajstić information content (AvgIpc) is 2.42. The molecule has 0 bridgehead atoms. The Morgan fingerprint density at radius 2 is 2.00 bits per heavy atom. The first kappa shape index (κ1) is 14.3. The van der Waals surface area contributed by atoms with Gasteiger partial charge < -0.3 is 14.8 Å². The number of methoxy groups -OCH3 is 1. The Morgan fingerprint density at radius 1 is 1.22 bits per heavy atom. The van der Waals surface area contributed by atoms with Crippen molar-refractivity contribution in [3.05, 3.63) is 0 Å². The van der Waals surface area contributed by atoms with Crippen molar-refractivity contribution in [3.63, 3.8) is 0 Å². The topological polar surface area (TPSA) is 33.7 Å². The number of rotatable bonds is 5. The molecule has 0 aliphatic carbocycles. The van der Waals surface area contributed by atoms with E-state index >= 15 is 0 Å². The second kappa shape index (κ2) is 7.43. The van der Waals surface area contributed by atoms with Gasteiger partial charge in [0, 0.05) is 20.2 Å². The zero-order valence-corrected chi connectivity index (χ0v) is 11.9. The number of nitrogens with zero attached hydrogens (tertiary/aromatic N) is 1. The van der Waals surface area contributed by atoms with Crippen LogP contribution < -0.4 is 5.32 Å². The molecule has 2 unspecified atom stereocenters. The largest absolute Gasteiger partial charge is 0.380 e. The highest BCUT2D eigenvalue weighted by Crippen LogP contribution is 2.19. The molecular formula is C14H28N2O2. The molecule has 0 spiro atoms. The normalized spacial score (nSPS) is 31.7. The predicted molar refractivity (Wildman–Crippen MR) is 72.9 cm³/mol. The zero-order chi connectivity index (χ0) is 12.8. The molecule has 0 aromatic rings. The van der Waals surface area contributed by atoms with E-state index < -0.39 is 0 Å². The SMILES string of the molecule is COC1CN(CCOC2CCNCC2)CCC1C. The highest BCUT2D eigenvalue weighted by Gasteiger charge is 2.25. The van der Waals surface area contributed by atoms with Crippen molar-refractivity contribution in [1.82, 2.24) is 10.2 Å². The van der Waals surface area contributed by atoms with E-state index in [2.05, 4.69) is 17.1 Å². The first-order valence-corrected chi connectivity index (χ1v) is 7.37. The zero-order valence-electron chi connectivity index (χ0n) is 11.9. The molecule has 0 aromatic heterocycles. The van der Waals surface area contributed by atoms with E-state index in [1.807, 2.05) is 7.11 Å². The van der Waals surface area contributed by atoms with Crippen LogP contribution in [0.25, 0.3) is 0 Å². The number of likely N-dealkylation sites (tertiary alicyclic amines) is 1. The Bertz CT molecular complexity index is 232. The van der Waals surface area contributed by atoms with Crippen molar-refractivity contribution in [1.29, 1.82) is 0 Å². The van der Waals surface area contributed by atoms with Gasteiger partial charge in [0.15, 0.2) is 0 Å². The quantitative estimate of drug-likeness (QED) is 0.799. The maximum atomic E-state index is 5.96. The molecule has 4 nitrogen and oxygen atoms in total. The Labute approximate surface area is 111 Å². The third-order valence-electron chi connectivity index (χ3n) is 4.32. The van der Waals surface area contributed by atoms with Gasteiger partial charge in [0.2, 0.25) is 0 Å². The van der Waals surface area contributed by atoms with Gasteiger partial charge in [-0.25, -0.2) is 0 Å². The molecule has 2 atom stereocenters. The van der Waals surface area contributed by atoms with E-state index in [0.29, 0.717) is 18.1 Å². The van der Waals surface area contributed by atoms with Gasteiger partial charge in [0.1, 0.15) is 0 Å². The molecular weight excluding hydrogens is 228 g/mol. The highest BCUT2D eigenvalue weighted by atomic mass is 16.5. The minimum Gasteiger partial charge on any atom is -0.380 e. The van der Waals surface area contributed by atoms with Crippen LogP contribution in [0.2, 0.25) is 0 Å². The molecule has 2 rings (SSSR count).